The normalized spacial score (nSPS) is 12.2. The molecule has 0 aliphatic rings. The summed E-state index contributed by atoms with van der Waals surface area (Å²) >= 11 is 2.32. The van der Waals surface area contributed by atoms with Crippen molar-refractivity contribution in [3.8, 4) is 32.6 Å². The van der Waals surface area contributed by atoms with Gasteiger partial charge in [0.05, 0.1) is 25.3 Å². The van der Waals surface area contributed by atoms with Gasteiger partial charge in [-0.05, 0) is 24.3 Å². The number of hydrogen-bond donors (Lipinski definition) is 2. The smallest absolute Gasteiger partial charge is 0.298 e. The second kappa shape index (κ2) is 8.06. The Labute approximate surface area is 190 Å². The van der Waals surface area contributed by atoms with Crippen LogP contribution in [-0.4, -0.2) is 50.1 Å². The van der Waals surface area contributed by atoms with Crippen LogP contribution in [0.4, 0.5) is 0 Å². The summed E-state index contributed by atoms with van der Waals surface area (Å²) in [5.74, 6) is -0.0849. The molecule has 0 saturated heterocycles. The maximum absolute atomic E-state index is 11.7. The highest BCUT2D eigenvalue weighted by molar-refractivity contribution is 7.86. The van der Waals surface area contributed by atoms with Gasteiger partial charge in [-0.15, -0.1) is 0 Å². The van der Waals surface area contributed by atoms with Crippen LogP contribution in [0.1, 0.15) is 0 Å². The number of thiazole rings is 2. The third-order valence-corrected chi connectivity index (χ3v) is 8.21. The zero-order valence-corrected chi connectivity index (χ0v) is 19.6. The van der Waals surface area contributed by atoms with E-state index in [4.69, 9.17) is 9.47 Å². The molecule has 0 bridgehead atoms. The first-order valence-electron chi connectivity index (χ1n) is 8.61. The molecule has 32 heavy (non-hydrogen) atoms. The van der Waals surface area contributed by atoms with Crippen molar-refractivity contribution in [1.29, 1.82) is 0 Å². The van der Waals surface area contributed by atoms with Crippen LogP contribution >= 0.6 is 22.7 Å². The molecule has 168 valence electrons. The van der Waals surface area contributed by atoms with Gasteiger partial charge >= 0.3 is 0 Å². The van der Waals surface area contributed by atoms with E-state index in [1.54, 1.807) is 12.1 Å². The largest absolute Gasteiger partial charge is 0.495 e. The van der Waals surface area contributed by atoms with Crippen molar-refractivity contribution >= 4 is 52.6 Å². The molecule has 0 amide bonds. The highest BCUT2D eigenvalue weighted by Gasteiger charge is 2.25. The number of ether oxygens (including phenoxy) is 2. The van der Waals surface area contributed by atoms with Crippen molar-refractivity contribution in [3.05, 3.63) is 36.4 Å². The van der Waals surface area contributed by atoms with Crippen molar-refractivity contribution in [2.75, 3.05) is 14.2 Å². The van der Waals surface area contributed by atoms with Gasteiger partial charge in [-0.2, -0.15) is 16.8 Å². The lowest BCUT2D eigenvalue weighted by atomic mass is 10.2. The number of methoxy groups -OCH3 is 2. The Kier molecular flexibility index (Phi) is 5.68. The van der Waals surface area contributed by atoms with Crippen molar-refractivity contribution in [1.82, 2.24) is 9.97 Å². The Morgan fingerprint density at radius 2 is 1.09 bits per heavy atom. The molecule has 14 heteroatoms. The Balaban J connectivity index is 1.84. The van der Waals surface area contributed by atoms with Crippen LogP contribution in [0.2, 0.25) is 0 Å². The lowest BCUT2D eigenvalue weighted by molar-refractivity contribution is 0.398. The van der Waals surface area contributed by atoms with Gasteiger partial charge in [0.1, 0.15) is 31.3 Å². The number of rotatable bonds is 6. The average Bonchev–Trinajstić information content (AvgIpc) is 3.30. The first-order valence-corrected chi connectivity index (χ1v) is 13.1. The van der Waals surface area contributed by atoms with Crippen molar-refractivity contribution in [2.24, 2.45) is 0 Å². The van der Waals surface area contributed by atoms with E-state index in [1.165, 1.54) is 38.5 Å². The van der Waals surface area contributed by atoms with Crippen LogP contribution in [0.25, 0.3) is 30.8 Å². The van der Waals surface area contributed by atoms with E-state index in [-0.39, 0.29) is 21.3 Å². The van der Waals surface area contributed by atoms with Crippen molar-refractivity contribution in [2.45, 2.75) is 9.79 Å². The second-order valence-electron chi connectivity index (χ2n) is 6.27. The van der Waals surface area contributed by atoms with Gasteiger partial charge in [-0.25, -0.2) is 9.97 Å². The van der Waals surface area contributed by atoms with Gasteiger partial charge in [0.2, 0.25) is 0 Å². The molecule has 0 spiro atoms. The quantitative estimate of drug-likeness (QED) is 0.365. The average molecular weight is 515 g/mol. The number of benzene rings is 2. The summed E-state index contributed by atoms with van der Waals surface area (Å²) in [6.45, 7) is 0. The molecule has 0 fully saturated rings. The fraction of sp³-hybridized carbons (Fsp3) is 0.111. The Morgan fingerprint density at radius 3 is 1.41 bits per heavy atom. The first-order chi connectivity index (χ1) is 15.0. The molecule has 0 unspecified atom stereocenters. The molecule has 2 heterocycles. The minimum Gasteiger partial charge on any atom is -0.495 e. The predicted molar refractivity (Wildman–Crippen MR) is 119 cm³/mol. The van der Waals surface area contributed by atoms with Crippen LogP contribution in [0.3, 0.4) is 0 Å². The molecular weight excluding hydrogens is 500 g/mol. The fourth-order valence-electron chi connectivity index (χ4n) is 3.07. The van der Waals surface area contributed by atoms with Crippen LogP contribution in [0, 0.1) is 0 Å². The molecule has 4 rings (SSSR count). The maximum Gasteiger partial charge on any atom is 0.298 e. The monoisotopic (exact) mass is 514 g/mol. The van der Waals surface area contributed by atoms with Crippen LogP contribution in [0.5, 0.6) is 11.5 Å². The Hall–Kier alpha value is -2.62. The van der Waals surface area contributed by atoms with E-state index in [0.29, 0.717) is 30.8 Å². The highest BCUT2D eigenvalue weighted by Crippen LogP contribution is 2.43. The highest BCUT2D eigenvalue weighted by atomic mass is 32.2. The van der Waals surface area contributed by atoms with Gasteiger partial charge < -0.3 is 9.47 Å². The van der Waals surface area contributed by atoms with E-state index < -0.39 is 20.2 Å². The number of nitrogens with zero attached hydrogens (tertiary/aromatic N) is 2. The Morgan fingerprint density at radius 1 is 0.719 bits per heavy atom. The summed E-state index contributed by atoms with van der Waals surface area (Å²) in [7, 11) is -6.44. The molecule has 10 nitrogen and oxygen atoms in total. The lowest BCUT2D eigenvalue weighted by Crippen LogP contribution is -2.02. The van der Waals surface area contributed by atoms with E-state index in [2.05, 4.69) is 9.97 Å². The first kappa shape index (κ1) is 22.6. The molecular formula is C18H14N2O8S4. The molecule has 0 aliphatic heterocycles. The molecule has 4 aromatic rings. The minimum absolute atomic E-state index is 0.0425. The van der Waals surface area contributed by atoms with Gasteiger partial charge in [-0.1, -0.05) is 34.8 Å². The van der Waals surface area contributed by atoms with Gasteiger partial charge in [-0.3, -0.25) is 9.11 Å². The molecule has 2 aromatic heterocycles. The molecule has 2 aromatic carbocycles. The summed E-state index contributed by atoms with van der Waals surface area (Å²) in [5, 5.41) is 0.845. The van der Waals surface area contributed by atoms with E-state index >= 15 is 0 Å². The number of fused-ring (bicyclic) bond motifs is 1. The summed E-state index contributed by atoms with van der Waals surface area (Å²) in [6.07, 6.45) is 0. The van der Waals surface area contributed by atoms with Crippen molar-refractivity contribution < 1.29 is 35.4 Å². The zero-order valence-electron chi connectivity index (χ0n) is 16.3. The number of hydrogen-bond acceptors (Lipinski definition) is 10. The van der Waals surface area contributed by atoms with Gasteiger partial charge in [0, 0.05) is 0 Å². The summed E-state index contributed by atoms with van der Waals surface area (Å²) < 4.78 is 76.0. The molecule has 0 radical (unpaired) electrons. The Bertz CT molecular complexity index is 1410. The third kappa shape index (κ3) is 3.96. The molecule has 0 atom stereocenters. The topological polar surface area (TPSA) is 153 Å². The minimum atomic E-state index is -4.50. The van der Waals surface area contributed by atoms with Crippen LogP contribution in [-0.2, 0) is 20.2 Å². The van der Waals surface area contributed by atoms with Crippen molar-refractivity contribution in [3.63, 3.8) is 0 Å². The number of para-hydroxylation sites is 2. The summed E-state index contributed by atoms with van der Waals surface area (Å²) in [4.78, 5) is 9.26. The van der Waals surface area contributed by atoms with E-state index in [9.17, 15) is 25.9 Å². The summed E-state index contributed by atoms with van der Waals surface area (Å²) in [6, 6.07) is 8.57. The van der Waals surface area contributed by atoms with Gasteiger partial charge in [0.15, 0.2) is 9.66 Å². The maximum atomic E-state index is 11.7. The third-order valence-electron chi connectivity index (χ3n) is 4.36. The number of aromatic nitrogens is 2. The molecule has 0 aliphatic carbocycles. The van der Waals surface area contributed by atoms with Crippen LogP contribution < -0.4 is 9.47 Å². The fourth-order valence-corrected chi connectivity index (χ4v) is 6.51. The second-order valence-corrected chi connectivity index (χ2v) is 11.0. The SMILES string of the molecule is COc1c(-c2nc3sc(-c4cccc(S(=O)(=O)O)c4OC)nc3s2)cccc1S(=O)(=O)O. The zero-order chi connectivity index (χ0) is 23.3. The lowest BCUT2D eigenvalue weighted by Gasteiger charge is -2.10. The van der Waals surface area contributed by atoms with Crippen LogP contribution in [0.15, 0.2) is 46.2 Å². The summed E-state index contributed by atoms with van der Waals surface area (Å²) in [5.41, 5.74) is 0.732. The molecule has 0 saturated carbocycles. The molecule has 2 N–H and O–H groups in total. The predicted octanol–water partition coefficient (Wildman–Crippen LogP) is 3.60. The standard InChI is InChI=1S/C18H14N2O8S4/c1-27-13-9(5-3-7-11(13)31(21,22)23)15-19-17-18(29-15)20-16(30-17)10-6-4-8-12(14(10)28-2)32(24,25)26/h3-8H,1-2H3,(H,21,22,23)(H,24,25,26). The van der Waals surface area contributed by atoms with E-state index in [0.717, 1.165) is 22.7 Å². The van der Waals surface area contributed by atoms with Gasteiger partial charge in [0.25, 0.3) is 20.2 Å². The van der Waals surface area contributed by atoms with E-state index in [1.807, 2.05) is 0 Å².